The Bertz CT molecular complexity index is 1140. The molecule has 0 unspecified atom stereocenters. The molecule has 4 fully saturated rings. The minimum absolute atomic E-state index is 0.0404. The highest BCUT2D eigenvalue weighted by atomic mass is 35.5. The number of ether oxygens (including phenoxy) is 1. The van der Waals surface area contributed by atoms with Crippen molar-refractivity contribution < 1.29 is 19.1 Å². The molecule has 0 radical (unpaired) electrons. The highest BCUT2D eigenvalue weighted by Gasteiger charge is 2.61. The number of amides is 1. The number of carbonyl (C=O) groups excluding carboxylic acids is 3. The van der Waals surface area contributed by atoms with E-state index < -0.39 is 6.04 Å². The number of alkyl halides is 2. The quantitative estimate of drug-likeness (QED) is 0.238. The van der Waals surface area contributed by atoms with Crippen LogP contribution in [0.15, 0.2) is 24.3 Å². The number of fused-ring (bicyclic) bond motifs is 5. The molecule has 8 heteroatoms. The molecule has 1 N–H and O–H groups in total. The molecule has 232 valence electrons. The van der Waals surface area contributed by atoms with E-state index >= 15 is 0 Å². The first-order valence-electron chi connectivity index (χ1n) is 16.0. The van der Waals surface area contributed by atoms with E-state index in [1.807, 2.05) is 24.3 Å². The van der Waals surface area contributed by atoms with E-state index in [0.717, 1.165) is 62.6 Å². The summed E-state index contributed by atoms with van der Waals surface area (Å²) in [6, 6.07) is 7.29. The summed E-state index contributed by atoms with van der Waals surface area (Å²) in [6.07, 6.45) is 9.31. The molecule has 1 amide bonds. The second kappa shape index (κ2) is 13.1. The number of esters is 1. The number of hydrogen-bond donors (Lipinski definition) is 1. The van der Waals surface area contributed by atoms with Crippen LogP contribution in [0.4, 0.5) is 5.69 Å². The van der Waals surface area contributed by atoms with Gasteiger partial charge in [0.15, 0.2) is 0 Å². The Balaban J connectivity index is 1.26. The summed E-state index contributed by atoms with van der Waals surface area (Å²) in [5.41, 5.74) is 2.21. The van der Waals surface area contributed by atoms with Crippen molar-refractivity contribution in [2.45, 2.75) is 97.1 Å². The molecule has 4 aliphatic rings. The fraction of sp³-hybridized carbons (Fsp3) is 0.735. The van der Waals surface area contributed by atoms with E-state index in [1.165, 1.54) is 13.3 Å². The third kappa shape index (κ3) is 6.22. The van der Waals surface area contributed by atoms with E-state index in [9.17, 15) is 14.4 Å². The number of nitrogens with zero attached hydrogens (tertiary/aromatic N) is 1. The van der Waals surface area contributed by atoms with Gasteiger partial charge in [-0.05, 0) is 91.7 Å². The fourth-order valence-corrected chi connectivity index (χ4v) is 9.91. The predicted octanol–water partition coefficient (Wildman–Crippen LogP) is 6.54. The Hall–Kier alpha value is -1.79. The van der Waals surface area contributed by atoms with Crippen LogP contribution in [0.3, 0.4) is 0 Å². The average Bonchev–Trinajstić information content (AvgIpc) is 3.29. The highest BCUT2D eigenvalue weighted by Crippen LogP contribution is 2.66. The Morgan fingerprint density at radius 3 is 2.33 bits per heavy atom. The zero-order chi connectivity index (χ0) is 30.1. The van der Waals surface area contributed by atoms with Crippen molar-refractivity contribution in [2.75, 3.05) is 29.7 Å². The number of benzene rings is 1. The number of hydrogen-bond acceptors (Lipinski definition) is 5. The minimum atomic E-state index is -0.733. The van der Waals surface area contributed by atoms with Gasteiger partial charge in [0.2, 0.25) is 5.91 Å². The van der Waals surface area contributed by atoms with Crippen LogP contribution in [0.2, 0.25) is 0 Å². The summed E-state index contributed by atoms with van der Waals surface area (Å²) < 4.78 is 6.33. The van der Waals surface area contributed by atoms with Gasteiger partial charge in [0.25, 0.3) is 0 Å². The van der Waals surface area contributed by atoms with Crippen LogP contribution >= 0.6 is 23.2 Å². The lowest BCUT2D eigenvalue weighted by Gasteiger charge is -2.60. The molecule has 1 aromatic rings. The predicted molar refractivity (Wildman–Crippen MR) is 168 cm³/mol. The Labute approximate surface area is 261 Å². The summed E-state index contributed by atoms with van der Waals surface area (Å²) in [5, 5.41) is 2.86. The number of carbonyl (C=O) groups is 3. The first-order chi connectivity index (χ1) is 20.1. The van der Waals surface area contributed by atoms with Crippen molar-refractivity contribution in [1.29, 1.82) is 0 Å². The van der Waals surface area contributed by atoms with Crippen LogP contribution in [0, 0.1) is 34.5 Å². The van der Waals surface area contributed by atoms with E-state index in [-0.39, 0.29) is 28.8 Å². The minimum Gasteiger partial charge on any atom is -0.460 e. The van der Waals surface area contributed by atoms with Gasteiger partial charge in [0, 0.05) is 62.1 Å². The normalized spacial score (nSPS) is 34.5. The molecule has 1 aromatic carbocycles. The molecule has 4 aliphatic carbocycles. The summed E-state index contributed by atoms with van der Waals surface area (Å²) in [5.74, 6) is 3.29. The van der Waals surface area contributed by atoms with Crippen molar-refractivity contribution >= 4 is 46.5 Å². The number of nitrogens with one attached hydrogen (secondary N) is 1. The van der Waals surface area contributed by atoms with Gasteiger partial charge in [-0.25, -0.2) is 4.79 Å². The number of Topliss-reactive ketones (excluding diaryl/α,β-unsaturated/α-hetero) is 1. The van der Waals surface area contributed by atoms with Gasteiger partial charge in [-0.1, -0.05) is 26.0 Å². The fourth-order valence-electron chi connectivity index (χ4n) is 9.50. The molecule has 0 aliphatic heterocycles. The molecular formula is C34H48Cl2N2O4. The largest absolute Gasteiger partial charge is 0.460 e. The van der Waals surface area contributed by atoms with E-state index in [4.69, 9.17) is 27.9 Å². The van der Waals surface area contributed by atoms with Crippen LogP contribution in [-0.2, 0) is 25.5 Å². The van der Waals surface area contributed by atoms with E-state index in [1.54, 1.807) is 0 Å². The SMILES string of the molecule is CC(=O)N[C@@H](Cc1ccc(N(CCCl)CCCl)cc1)C(=O)O[C@@H]1CC[C@H]2[C@H]3CC[C@H]4CC(=O)CC[C@]4(C)[C@@H]3CC[C@]12C. The summed E-state index contributed by atoms with van der Waals surface area (Å²) in [6.45, 7) is 7.67. The third-order valence-corrected chi connectivity index (χ3v) is 12.1. The van der Waals surface area contributed by atoms with Crippen molar-refractivity contribution in [2.24, 2.45) is 34.5 Å². The van der Waals surface area contributed by atoms with Gasteiger partial charge < -0.3 is 15.0 Å². The molecule has 8 atom stereocenters. The van der Waals surface area contributed by atoms with Crippen molar-refractivity contribution in [3.8, 4) is 0 Å². The molecule has 0 bridgehead atoms. The van der Waals surface area contributed by atoms with Gasteiger partial charge >= 0.3 is 5.97 Å². The topological polar surface area (TPSA) is 75.7 Å². The van der Waals surface area contributed by atoms with Gasteiger partial charge in [-0.15, -0.1) is 23.2 Å². The van der Waals surface area contributed by atoms with Gasteiger partial charge in [0.05, 0.1) is 0 Å². The van der Waals surface area contributed by atoms with Crippen LogP contribution < -0.4 is 10.2 Å². The number of anilines is 1. The smallest absolute Gasteiger partial charge is 0.329 e. The summed E-state index contributed by atoms with van der Waals surface area (Å²) in [7, 11) is 0. The Kier molecular flexibility index (Phi) is 9.83. The van der Waals surface area contributed by atoms with Crippen molar-refractivity contribution in [3.05, 3.63) is 29.8 Å². The number of rotatable bonds is 10. The van der Waals surface area contributed by atoms with Gasteiger partial charge in [-0.3, -0.25) is 9.59 Å². The monoisotopic (exact) mass is 618 g/mol. The van der Waals surface area contributed by atoms with Crippen molar-refractivity contribution in [1.82, 2.24) is 5.32 Å². The maximum Gasteiger partial charge on any atom is 0.329 e. The molecule has 42 heavy (non-hydrogen) atoms. The second-order valence-electron chi connectivity index (χ2n) is 13.9. The van der Waals surface area contributed by atoms with Crippen LogP contribution in [0.25, 0.3) is 0 Å². The summed E-state index contributed by atoms with van der Waals surface area (Å²) >= 11 is 11.9. The Morgan fingerprint density at radius 2 is 1.67 bits per heavy atom. The zero-order valence-electron chi connectivity index (χ0n) is 25.5. The van der Waals surface area contributed by atoms with Crippen LogP contribution in [-0.4, -0.2) is 54.7 Å². The van der Waals surface area contributed by atoms with Crippen molar-refractivity contribution in [3.63, 3.8) is 0 Å². The maximum absolute atomic E-state index is 13.6. The van der Waals surface area contributed by atoms with E-state index in [0.29, 0.717) is 60.7 Å². The molecular weight excluding hydrogens is 571 g/mol. The lowest BCUT2D eigenvalue weighted by molar-refractivity contribution is -0.167. The molecule has 0 heterocycles. The second-order valence-corrected chi connectivity index (χ2v) is 14.7. The lowest BCUT2D eigenvalue weighted by atomic mass is 9.45. The molecule has 0 saturated heterocycles. The van der Waals surface area contributed by atoms with Gasteiger partial charge in [0.1, 0.15) is 17.9 Å². The third-order valence-electron chi connectivity index (χ3n) is 11.8. The van der Waals surface area contributed by atoms with Crippen LogP contribution in [0.1, 0.15) is 84.1 Å². The number of ketones is 1. The lowest BCUT2D eigenvalue weighted by Crippen LogP contribution is -2.54. The molecule has 0 aromatic heterocycles. The highest BCUT2D eigenvalue weighted by molar-refractivity contribution is 6.18. The average molecular weight is 620 g/mol. The maximum atomic E-state index is 13.6. The van der Waals surface area contributed by atoms with E-state index in [2.05, 4.69) is 24.1 Å². The first kappa shape index (κ1) is 31.6. The first-order valence-corrected chi connectivity index (χ1v) is 17.1. The molecule has 6 nitrogen and oxygen atoms in total. The van der Waals surface area contributed by atoms with Crippen LogP contribution in [0.5, 0.6) is 0 Å². The summed E-state index contributed by atoms with van der Waals surface area (Å²) in [4.78, 5) is 40.1. The van der Waals surface area contributed by atoms with Gasteiger partial charge in [-0.2, -0.15) is 0 Å². The standard InChI is InChI=1S/C34H48Cl2N2O4/c1-22(39)37-30(20-23-4-7-25(8-5-23)38(18-16-35)19-17-36)32(41)42-31-11-10-28-27-9-6-24-21-26(40)12-14-33(24,2)29(27)13-15-34(28,31)3/h4-5,7-8,24,27-31H,6,9-21H2,1-3H3,(H,37,39)/t24-,27+,28-,29+,30-,31+,33-,34-/m0/s1. The molecule has 5 rings (SSSR count). The molecule has 0 spiro atoms. The Morgan fingerprint density at radius 1 is 0.976 bits per heavy atom. The molecule has 4 saturated carbocycles. The zero-order valence-corrected chi connectivity index (χ0v) is 27.0. The number of halogens is 2.